The number of hydrogen-bond acceptors (Lipinski definition) is 2. The van der Waals surface area contributed by atoms with Crippen LogP contribution in [0, 0.1) is 11.7 Å². The molecule has 0 unspecified atom stereocenters. The fourth-order valence-corrected chi connectivity index (χ4v) is 2.10. The van der Waals surface area contributed by atoms with Crippen LogP contribution in [0.4, 0.5) is 0 Å². The molecule has 4 heteroatoms. The Labute approximate surface area is 99.1 Å². The van der Waals surface area contributed by atoms with Gasteiger partial charge in [0.1, 0.15) is 11.3 Å². The maximum Gasteiger partial charge on any atom is 0.175 e. The van der Waals surface area contributed by atoms with Gasteiger partial charge in [-0.05, 0) is 43.3 Å². The normalized spacial score (nSPS) is 10.7. The van der Waals surface area contributed by atoms with Gasteiger partial charge in [-0.15, -0.1) is 0 Å². The first kappa shape index (κ1) is 11.0. The molecule has 2 rings (SSSR count). The van der Waals surface area contributed by atoms with Crippen molar-refractivity contribution in [1.29, 1.82) is 0 Å². The van der Waals surface area contributed by atoms with E-state index in [-0.39, 0.29) is 0 Å². The minimum absolute atomic E-state index is 0.607. The third kappa shape index (κ3) is 1.55. The van der Waals surface area contributed by atoms with Crippen molar-refractivity contribution in [3.8, 4) is 5.75 Å². The van der Waals surface area contributed by atoms with Crippen molar-refractivity contribution < 1.29 is 4.74 Å². The molecule has 1 heterocycles. The van der Waals surface area contributed by atoms with Gasteiger partial charge in [-0.3, -0.25) is 0 Å². The van der Waals surface area contributed by atoms with Crippen molar-refractivity contribution in [3.63, 3.8) is 0 Å². The number of ether oxygens (including phenoxy) is 1. The number of hydrogen-bond donors (Lipinski definition) is 2. The number of aromatic amines is 2. The molecule has 2 aromatic rings. The van der Waals surface area contributed by atoms with Crippen LogP contribution < -0.4 is 4.74 Å². The molecular formula is C12H14N2OS. The molecule has 0 aliphatic heterocycles. The lowest BCUT2D eigenvalue weighted by Crippen LogP contribution is -1.92. The number of aromatic nitrogens is 2. The van der Waals surface area contributed by atoms with E-state index in [2.05, 4.69) is 16.5 Å². The molecule has 3 nitrogen and oxygen atoms in total. The highest BCUT2D eigenvalue weighted by Gasteiger charge is 2.11. The van der Waals surface area contributed by atoms with E-state index < -0.39 is 0 Å². The number of methoxy groups -OCH3 is 1. The number of H-pyrrole nitrogens is 2. The summed E-state index contributed by atoms with van der Waals surface area (Å²) in [5, 5.41) is 0. The van der Waals surface area contributed by atoms with Gasteiger partial charge >= 0.3 is 0 Å². The minimum Gasteiger partial charge on any atom is -0.494 e. The maximum absolute atomic E-state index is 5.35. The molecule has 0 aliphatic carbocycles. The summed E-state index contributed by atoms with van der Waals surface area (Å²) in [7, 11) is 1.65. The van der Waals surface area contributed by atoms with Crippen LogP contribution >= 0.6 is 12.2 Å². The van der Waals surface area contributed by atoms with Gasteiger partial charge in [0.25, 0.3) is 0 Å². The summed E-state index contributed by atoms with van der Waals surface area (Å²) in [5.41, 5.74) is 5.14. The zero-order valence-corrected chi connectivity index (χ0v) is 10.4. The Morgan fingerprint density at radius 3 is 2.56 bits per heavy atom. The highest BCUT2D eigenvalue weighted by Crippen LogP contribution is 2.31. The van der Waals surface area contributed by atoms with Crippen molar-refractivity contribution in [2.75, 3.05) is 7.11 Å². The molecule has 0 amide bonds. The van der Waals surface area contributed by atoms with Gasteiger partial charge in [-0.1, -0.05) is 12.2 Å². The van der Waals surface area contributed by atoms with Crippen LogP contribution in [0.1, 0.15) is 18.1 Å². The average Bonchev–Trinajstić information content (AvgIpc) is 2.60. The van der Waals surface area contributed by atoms with Crippen LogP contribution in [0.25, 0.3) is 16.6 Å². The van der Waals surface area contributed by atoms with E-state index in [1.54, 1.807) is 7.11 Å². The lowest BCUT2D eigenvalue weighted by Gasteiger charge is -2.09. The topological polar surface area (TPSA) is 40.8 Å². The lowest BCUT2D eigenvalue weighted by atomic mass is 10.0. The average molecular weight is 234 g/mol. The van der Waals surface area contributed by atoms with Crippen LogP contribution in [0.15, 0.2) is 12.6 Å². The molecule has 84 valence electrons. The molecule has 0 saturated carbocycles. The van der Waals surface area contributed by atoms with Crippen LogP contribution in [-0.2, 0) is 0 Å². The molecule has 0 aliphatic rings. The van der Waals surface area contributed by atoms with Crippen molar-refractivity contribution in [1.82, 2.24) is 9.97 Å². The van der Waals surface area contributed by atoms with Crippen LogP contribution in [-0.4, -0.2) is 17.1 Å². The van der Waals surface area contributed by atoms with Gasteiger partial charge < -0.3 is 14.7 Å². The Hall–Kier alpha value is -1.55. The lowest BCUT2D eigenvalue weighted by molar-refractivity contribution is 0.419. The Morgan fingerprint density at radius 2 is 2.00 bits per heavy atom. The Balaban J connectivity index is 2.93. The molecule has 0 atom stereocenters. The first-order valence-corrected chi connectivity index (χ1v) is 5.41. The van der Waals surface area contributed by atoms with Gasteiger partial charge in [0.15, 0.2) is 4.77 Å². The third-order valence-electron chi connectivity index (χ3n) is 2.71. The van der Waals surface area contributed by atoms with E-state index in [1.807, 2.05) is 19.9 Å². The van der Waals surface area contributed by atoms with Crippen molar-refractivity contribution in [3.05, 3.63) is 28.5 Å². The van der Waals surface area contributed by atoms with E-state index >= 15 is 0 Å². The summed E-state index contributed by atoms with van der Waals surface area (Å²) in [6, 6.07) is 1.99. The number of allylic oxidation sites excluding steroid dienone is 1. The molecular weight excluding hydrogens is 220 g/mol. The number of nitrogens with one attached hydrogen (secondary N) is 2. The number of benzene rings is 1. The zero-order valence-electron chi connectivity index (χ0n) is 9.60. The first-order chi connectivity index (χ1) is 7.54. The van der Waals surface area contributed by atoms with Crippen molar-refractivity contribution >= 4 is 28.8 Å². The van der Waals surface area contributed by atoms with E-state index in [1.165, 1.54) is 0 Å². The molecule has 0 radical (unpaired) electrons. The zero-order chi connectivity index (χ0) is 11.9. The minimum atomic E-state index is 0.607. The van der Waals surface area contributed by atoms with E-state index in [0.717, 1.165) is 33.5 Å². The third-order valence-corrected chi connectivity index (χ3v) is 2.91. The largest absolute Gasteiger partial charge is 0.494 e. The maximum atomic E-state index is 5.35. The fraction of sp³-hybridized carbons (Fsp3) is 0.250. The summed E-state index contributed by atoms with van der Waals surface area (Å²) < 4.78 is 5.95. The number of fused-ring (bicyclic) bond motifs is 1. The number of rotatable bonds is 2. The van der Waals surface area contributed by atoms with Gasteiger partial charge in [-0.2, -0.15) is 0 Å². The summed E-state index contributed by atoms with van der Waals surface area (Å²) in [4.78, 5) is 6.22. The highest BCUT2D eigenvalue weighted by molar-refractivity contribution is 7.71. The van der Waals surface area contributed by atoms with Gasteiger partial charge in [-0.25, -0.2) is 0 Å². The standard InChI is InChI=1S/C12H14N2OS/c1-6(2)8-5-9(15-4)11-10(7(8)3)13-12(16)14-11/h5H,1H2,2-4H3,(H2,13,14,16). The summed E-state index contributed by atoms with van der Waals surface area (Å²) in [6.45, 7) is 8.00. The van der Waals surface area contributed by atoms with Gasteiger partial charge in [0.2, 0.25) is 0 Å². The predicted molar refractivity (Wildman–Crippen MR) is 69.5 cm³/mol. The highest BCUT2D eigenvalue weighted by atomic mass is 32.1. The van der Waals surface area contributed by atoms with Crippen LogP contribution in [0.2, 0.25) is 0 Å². The molecule has 0 bridgehead atoms. The monoisotopic (exact) mass is 234 g/mol. The Morgan fingerprint density at radius 1 is 1.38 bits per heavy atom. The van der Waals surface area contributed by atoms with E-state index in [9.17, 15) is 0 Å². The Bertz CT molecular complexity index is 622. The van der Waals surface area contributed by atoms with Crippen LogP contribution in [0.5, 0.6) is 5.75 Å². The second kappa shape index (κ2) is 3.79. The molecule has 1 aromatic carbocycles. The molecule has 0 saturated heterocycles. The number of aryl methyl sites for hydroxylation is 1. The quantitative estimate of drug-likeness (QED) is 0.780. The van der Waals surface area contributed by atoms with E-state index in [4.69, 9.17) is 17.0 Å². The summed E-state index contributed by atoms with van der Waals surface area (Å²) >= 11 is 5.10. The van der Waals surface area contributed by atoms with Gasteiger partial charge in [0, 0.05) is 0 Å². The van der Waals surface area contributed by atoms with Crippen LogP contribution in [0.3, 0.4) is 0 Å². The second-order valence-electron chi connectivity index (χ2n) is 3.86. The molecule has 0 fully saturated rings. The SMILES string of the molecule is C=C(C)c1cc(OC)c2[nH]c(=S)[nH]c2c1C. The molecule has 16 heavy (non-hydrogen) atoms. The molecule has 1 aromatic heterocycles. The second-order valence-corrected chi connectivity index (χ2v) is 4.27. The van der Waals surface area contributed by atoms with Crippen molar-refractivity contribution in [2.45, 2.75) is 13.8 Å². The van der Waals surface area contributed by atoms with Crippen molar-refractivity contribution in [2.24, 2.45) is 0 Å². The van der Waals surface area contributed by atoms with Gasteiger partial charge in [0.05, 0.1) is 12.6 Å². The summed E-state index contributed by atoms with van der Waals surface area (Å²) in [5.74, 6) is 0.783. The summed E-state index contributed by atoms with van der Waals surface area (Å²) in [6.07, 6.45) is 0. The van der Waals surface area contributed by atoms with E-state index in [0.29, 0.717) is 4.77 Å². The molecule has 2 N–H and O–H groups in total. The first-order valence-electron chi connectivity index (χ1n) is 5.00. The Kier molecular flexibility index (Phi) is 2.59. The smallest absolute Gasteiger partial charge is 0.175 e. The fourth-order valence-electron chi connectivity index (χ4n) is 1.90. The molecule has 0 spiro atoms. The number of imidazole rings is 1. The predicted octanol–water partition coefficient (Wildman–Crippen LogP) is 3.58.